The molecule has 0 aromatic heterocycles. The van der Waals surface area contributed by atoms with E-state index in [1.807, 2.05) is 0 Å². The first-order chi connectivity index (χ1) is 8.39. The van der Waals surface area contributed by atoms with Gasteiger partial charge in [-0.1, -0.05) is 13.0 Å². The van der Waals surface area contributed by atoms with Crippen LogP contribution in [0.2, 0.25) is 0 Å². The third-order valence-electron chi connectivity index (χ3n) is 3.78. The van der Waals surface area contributed by atoms with Crippen LogP contribution < -0.4 is 5.32 Å². The summed E-state index contributed by atoms with van der Waals surface area (Å²) in [4.78, 5) is 0. The number of benzene rings is 1. The maximum atomic E-state index is 12.6. The quantitative estimate of drug-likeness (QED) is 0.808. The summed E-state index contributed by atoms with van der Waals surface area (Å²) in [5.74, 6) is 0.836. The average Bonchev–Trinajstić information content (AvgIpc) is 2.29. The van der Waals surface area contributed by atoms with E-state index in [-0.39, 0.29) is 0 Å². The second kappa shape index (κ2) is 4.92. The third-order valence-corrected chi connectivity index (χ3v) is 3.78. The normalized spacial score (nSPS) is 25.2. The molecule has 4 heteroatoms. The predicted octanol–water partition coefficient (Wildman–Crippen LogP) is 3.73. The zero-order chi connectivity index (χ0) is 13.3. The Balaban J connectivity index is 2.29. The molecule has 18 heavy (non-hydrogen) atoms. The van der Waals surface area contributed by atoms with E-state index in [0.29, 0.717) is 11.8 Å². The topological polar surface area (TPSA) is 12.0 Å². The van der Waals surface area contributed by atoms with E-state index in [9.17, 15) is 13.2 Å². The van der Waals surface area contributed by atoms with Gasteiger partial charge in [-0.15, -0.1) is 0 Å². The van der Waals surface area contributed by atoms with Crippen molar-refractivity contribution in [3.63, 3.8) is 0 Å². The molecule has 1 aliphatic heterocycles. The number of rotatable bonds is 1. The first-order valence-electron chi connectivity index (χ1n) is 6.28. The van der Waals surface area contributed by atoms with Gasteiger partial charge < -0.3 is 5.32 Å². The van der Waals surface area contributed by atoms with E-state index in [1.54, 1.807) is 13.0 Å². The summed E-state index contributed by atoms with van der Waals surface area (Å²) in [7, 11) is 0. The Bertz CT molecular complexity index is 426. The molecular weight excluding hydrogens is 239 g/mol. The van der Waals surface area contributed by atoms with Crippen molar-refractivity contribution in [1.82, 2.24) is 5.32 Å². The van der Waals surface area contributed by atoms with Gasteiger partial charge in [-0.3, -0.25) is 0 Å². The minimum absolute atomic E-state index is 0.369. The third kappa shape index (κ3) is 2.69. The molecular formula is C14H18F3N. The van der Waals surface area contributed by atoms with Crippen molar-refractivity contribution < 1.29 is 13.2 Å². The van der Waals surface area contributed by atoms with E-state index in [4.69, 9.17) is 0 Å². The van der Waals surface area contributed by atoms with Gasteiger partial charge in [-0.05, 0) is 61.5 Å². The van der Waals surface area contributed by atoms with Crippen molar-refractivity contribution in [1.29, 1.82) is 0 Å². The summed E-state index contributed by atoms with van der Waals surface area (Å²) in [6, 6.07) is 4.13. The summed E-state index contributed by atoms with van der Waals surface area (Å²) in [5, 5.41) is 3.31. The lowest BCUT2D eigenvalue weighted by Crippen LogP contribution is -2.34. The molecule has 2 rings (SSSR count). The van der Waals surface area contributed by atoms with Gasteiger partial charge in [0.1, 0.15) is 0 Å². The minimum atomic E-state index is -4.25. The average molecular weight is 257 g/mol. The van der Waals surface area contributed by atoms with E-state index < -0.39 is 11.7 Å². The molecule has 0 unspecified atom stereocenters. The number of halogens is 3. The Morgan fingerprint density at radius 2 is 2.00 bits per heavy atom. The molecule has 1 heterocycles. The Kier molecular flexibility index (Phi) is 3.66. The lowest BCUT2D eigenvalue weighted by atomic mass is 9.80. The molecule has 0 spiro atoms. The highest BCUT2D eigenvalue weighted by Crippen LogP contribution is 2.35. The highest BCUT2D eigenvalue weighted by atomic mass is 19.4. The van der Waals surface area contributed by atoms with Crippen LogP contribution >= 0.6 is 0 Å². The highest BCUT2D eigenvalue weighted by Gasteiger charge is 2.31. The fourth-order valence-corrected chi connectivity index (χ4v) is 2.74. The lowest BCUT2D eigenvalue weighted by molar-refractivity contribution is -0.137. The maximum absolute atomic E-state index is 12.6. The fourth-order valence-electron chi connectivity index (χ4n) is 2.74. The second-order valence-electron chi connectivity index (χ2n) is 5.15. The van der Waals surface area contributed by atoms with Gasteiger partial charge in [-0.25, -0.2) is 0 Å². The molecule has 0 bridgehead atoms. The van der Waals surface area contributed by atoms with Crippen LogP contribution in [0.4, 0.5) is 13.2 Å². The largest absolute Gasteiger partial charge is 0.416 e. The van der Waals surface area contributed by atoms with Crippen molar-refractivity contribution in [2.75, 3.05) is 13.1 Å². The summed E-state index contributed by atoms with van der Waals surface area (Å²) in [6.45, 7) is 5.80. The molecule has 0 amide bonds. The van der Waals surface area contributed by atoms with Crippen LogP contribution in [0.25, 0.3) is 0 Å². The van der Waals surface area contributed by atoms with Crippen LogP contribution in [0.3, 0.4) is 0 Å². The fraction of sp³-hybridized carbons (Fsp3) is 0.571. The summed E-state index contributed by atoms with van der Waals surface area (Å²) in [6.07, 6.45) is -3.25. The number of piperidine rings is 1. The van der Waals surface area contributed by atoms with Gasteiger partial charge in [-0.2, -0.15) is 13.2 Å². The summed E-state index contributed by atoms with van der Waals surface area (Å²) < 4.78 is 37.8. The minimum Gasteiger partial charge on any atom is -0.316 e. The zero-order valence-electron chi connectivity index (χ0n) is 10.6. The van der Waals surface area contributed by atoms with Gasteiger partial charge in [0.25, 0.3) is 0 Å². The van der Waals surface area contributed by atoms with Gasteiger partial charge in [0.05, 0.1) is 5.56 Å². The molecule has 0 radical (unpaired) electrons. The lowest BCUT2D eigenvalue weighted by Gasteiger charge is -2.31. The molecule has 1 aliphatic rings. The van der Waals surface area contributed by atoms with Crippen LogP contribution in [-0.2, 0) is 6.18 Å². The standard InChI is InChI=1S/C14H18F3N/c1-9-7-11(14(15,16)17)3-4-12(9)13-5-6-18-8-10(13)2/h3-4,7,10,13,18H,5-6,8H2,1-2H3/t10-,13+/m1/s1. The smallest absolute Gasteiger partial charge is 0.316 e. The molecule has 1 aromatic rings. The molecule has 1 N–H and O–H groups in total. The summed E-state index contributed by atoms with van der Waals surface area (Å²) in [5.41, 5.74) is 1.27. The number of hydrogen-bond acceptors (Lipinski definition) is 1. The molecule has 100 valence electrons. The predicted molar refractivity (Wildman–Crippen MR) is 65.6 cm³/mol. The monoisotopic (exact) mass is 257 g/mol. The van der Waals surface area contributed by atoms with Gasteiger partial charge in [0.2, 0.25) is 0 Å². The van der Waals surface area contributed by atoms with Crippen molar-refractivity contribution in [2.45, 2.75) is 32.4 Å². The van der Waals surface area contributed by atoms with E-state index in [2.05, 4.69) is 12.2 Å². The maximum Gasteiger partial charge on any atom is 0.416 e. The molecule has 2 atom stereocenters. The number of nitrogens with one attached hydrogen (secondary N) is 1. The molecule has 1 aromatic carbocycles. The molecule has 1 nitrogen and oxygen atoms in total. The zero-order valence-corrected chi connectivity index (χ0v) is 10.6. The van der Waals surface area contributed by atoms with E-state index in [1.165, 1.54) is 12.1 Å². The Morgan fingerprint density at radius 1 is 1.28 bits per heavy atom. The van der Waals surface area contributed by atoms with Crippen molar-refractivity contribution in [3.05, 3.63) is 34.9 Å². The van der Waals surface area contributed by atoms with Crippen LogP contribution in [0.1, 0.15) is 36.0 Å². The van der Waals surface area contributed by atoms with Crippen molar-refractivity contribution in [2.24, 2.45) is 5.92 Å². The Morgan fingerprint density at radius 3 is 2.56 bits per heavy atom. The van der Waals surface area contributed by atoms with Gasteiger partial charge in [0, 0.05) is 0 Å². The number of aryl methyl sites for hydroxylation is 1. The first-order valence-corrected chi connectivity index (χ1v) is 6.28. The molecule has 1 saturated heterocycles. The Hall–Kier alpha value is -1.03. The number of hydrogen-bond donors (Lipinski definition) is 1. The van der Waals surface area contributed by atoms with E-state index in [0.717, 1.165) is 30.6 Å². The number of alkyl halides is 3. The Labute approximate surface area is 105 Å². The van der Waals surface area contributed by atoms with Gasteiger partial charge >= 0.3 is 6.18 Å². The van der Waals surface area contributed by atoms with E-state index >= 15 is 0 Å². The first kappa shape index (κ1) is 13.4. The molecule has 0 aliphatic carbocycles. The van der Waals surface area contributed by atoms with Gasteiger partial charge in [0.15, 0.2) is 0 Å². The highest BCUT2D eigenvalue weighted by molar-refractivity contribution is 5.35. The second-order valence-corrected chi connectivity index (χ2v) is 5.15. The van der Waals surface area contributed by atoms with Crippen molar-refractivity contribution in [3.8, 4) is 0 Å². The molecule has 1 fully saturated rings. The molecule has 0 saturated carbocycles. The van der Waals surface area contributed by atoms with Crippen LogP contribution in [-0.4, -0.2) is 13.1 Å². The van der Waals surface area contributed by atoms with Crippen LogP contribution in [0.5, 0.6) is 0 Å². The van der Waals surface area contributed by atoms with Crippen LogP contribution in [0, 0.1) is 12.8 Å². The summed E-state index contributed by atoms with van der Waals surface area (Å²) >= 11 is 0. The van der Waals surface area contributed by atoms with Crippen molar-refractivity contribution >= 4 is 0 Å². The van der Waals surface area contributed by atoms with Crippen LogP contribution in [0.15, 0.2) is 18.2 Å². The SMILES string of the molecule is Cc1cc(C(F)(F)F)ccc1[C@H]1CCNC[C@H]1C.